The van der Waals surface area contributed by atoms with E-state index in [2.05, 4.69) is 10.4 Å². The molecular formula is C18H18FN5O3S. The Balaban J connectivity index is 1.42. The molecule has 0 unspecified atom stereocenters. The quantitative estimate of drug-likeness (QED) is 0.723. The fourth-order valence-corrected chi connectivity index (χ4v) is 4.63. The maximum atomic E-state index is 13.9. The number of halogens is 1. The molecule has 0 atom stereocenters. The lowest BCUT2D eigenvalue weighted by Crippen LogP contribution is -2.52. The number of aromatic nitrogens is 2. The summed E-state index contributed by atoms with van der Waals surface area (Å²) >= 11 is 0. The van der Waals surface area contributed by atoms with Crippen molar-refractivity contribution in [3.8, 4) is 0 Å². The molecule has 2 heterocycles. The van der Waals surface area contributed by atoms with Crippen LogP contribution in [0.2, 0.25) is 0 Å². The fraction of sp³-hybridized carbons (Fsp3) is 0.222. The van der Waals surface area contributed by atoms with E-state index in [-0.39, 0.29) is 37.1 Å². The number of nitrogens with one attached hydrogen (secondary N) is 1. The van der Waals surface area contributed by atoms with Gasteiger partial charge in [-0.2, -0.15) is 4.31 Å². The van der Waals surface area contributed by atoms with E-state index in [1.165, 1.54) is 38.4 Å². The second-order valence-corrected chi connectivity index (χ2v) is 8.25. The van der Waals surface area contributed by atoms with E-state index in [1.807, 2.05) is 24.3 Å². The van der Waals surface area contributed by atoms with E-state index in [9.17, 15) is 17.6 Å². The molecule has 0 bridgehead atoms. The number of piperazine rings is 1. The molecule has 2 amide bonds. The van der Waals surface area contributed by atoms with Gasteiger partial charge < -0.3 is 4.90 Å². The molecule has 0 saturated carbocycles. The predicted molar refractivity (Wildman–Crippen MR) is 101 cm³/mol. The minimum absolute atomic E-state index is 0.0920. The number of amides is 2. The van der Waals surface area contributed by atoms with Crippen LogP contribution in [0.3, 0.4) is 0 Å². The first-order valence-corrected chi connectivity index (χ1v) is 10.1. The third-order valence-corrected chi connectivity index (χ3v) is 6.58. The Morgan fingerprint density at radius 3 is 2.43 bits per heavy atom. The molecule has 0 spiro atoms. The van der Waals surface area contributed by atoms with Gasteiger partial charge in [-0.1, -0.05) is 24.3 Å². The Kier molecular flexibility index (Phi) is 4.73. The molecule has 3 aromatic rings. The van der Waals surface area contributed by atoms with Crippen molar-refractivity contribution in [1.82, 2.24) is 18.9 Å². The monoisotopic (exact) mass is 403 g/mol. The van der Waals surface area contributed by atoms with Gasteiger partial charge in [0.1, 0.15) is 17.0 Å². The largest absolute Gasteiger partial charge is 0.336 e. The summed E-state index contributed by atoms with van der Waals surface area (Å²) < 4.78 is 41.9. The summed E-state index contributed by atoms with van der Waals surface area (Å²) in [5.74, 6) is -0.783. The first-order chi connectivity index (χ1) is 13.5. The number of para-hydroxylation sites is 2. The number of nitrogens with zero attached hydrogens (tertiary/aromatic N) is 4. The number of imidazole rings is 1. The first-order valence-electron chi connectivity index (χ1n) is 8.69. The van der Waals surface area contributed by atoms with E-state index >= 15 is 0 Å². The Morgan fingerprint density at radius 2 is 1.68 bits per heavy atom. The maximum Gasteiger partial charge on any atom is 0.336 e. The van der Waals surface area contributed by atoms with Gasteiger partial charge in [-0.25, -0.2) is 32.7 Å². The number of hydrogen-bond acceptors (Lipinski definition) is 4. The molecule has 8 nitrogen and oxygen atoms in total. The normalized spacial score (nSPS) is 15.7. The van der Waals surface area contributed by atoms with Crippen LogP contribution in [0.5, 0.6) is 0 Å². The Hall–Kier alpha value is -2.98. The molecule has 1 aliphatic heterocycles. The van der Waals surface area contributed by atoms with Gasteiger partial charge in [0.2, 0.25) is 10.0 Å². The topological polar surface area (TPSA) is 87.5 Å². The number of rotatable bonds is 3. The first kappa shape index (κ1) is 18.4. The van der Waals surface area contributed by atoms with Gasteiger partial charge in [0, 0.05) is 26.2 Å². The van der Waals surface area contributed by atoms with Crippen molar-refractivity contribution < 1.29 is 17.6 Å². The highest BCUT2D eigenvalue weighted by atomic mass is 32.2. The minimum atomic E-state index is -3.94. The summed E-state index contributed by atoms with van der Waals surface area (Å²) in [6.45, 7) is 0.585. The standard InChI is InChI=1S/C18H18FN5O3S/c19-14-5-1-4-8-17(14)28(26,27)23-11-9-22(10-12-23)18(25)21-24-13-20-15-6-2-3-7-16(15)24/h1-8,13H,9-12H2,(H,21,25). The van der Waals surface area contributed by atoms with Gasteiger partial charge in [0.15, 0.2) is 0 Å². The molecule has 10 heteroatoms. The molecule has 4 rings (SSSR count). The van der Waals surface area contributed by atoms with E-state index in [1.54, 1.807) is 0 Å². The third kappa shape index (κ3) is 3.32. The maximum absolute atomic E-state index is 13.9. The highest BCUT2D eigenvalue weighted by molar-refractivity contribution is 7.89. The lowest BCUT2D eigenvalue weighted by molar-refractivity contribution is 0.181. The SMILES string of the molecule is O=C(Nn1cnc2ccccc21)N1CCN(S(=O)(=O)c2ccccc2F)CC1. The lowest BCUT2D eigenvalue weighted by atomic mass is 10.3. The lowest BCUT2D eigenvalue weighted by Gasteiger charge is -2.34. The predicted octanol–water partition coefficient (Wildman–Crippen LogP) is 1.85. The molecule has 0 radical (unpaired) electrons. The third-order valence-electron chi connectivity index (χ3n) is 4.65. The zero-order chi connectivity index (χ0) is 19.7. The number of carbonyl (C=O) groups is 1. The molecule has 1 aliphatic rings. The van der Waals surface area contributed by atoms with Crippen LogP contribution in [0, 0.1) is 5.82 Å². The average Bonchev–Trinajstić information content (AvgIpc) is 3.11. The van der Waals surface area contributed by atoms with Crippen molar-refractivity contribution in [2.75, 3.05) is 31.6 Å². The molecule has 2 aromatic carbocycles. The van der Waals surface area contributed by atoms with E-state index < -0.39 is 15.8 Å². The van der Waals surface area contributed by atoms with Crippen LogP contribution in [-0.4, -0.2) is 59.5 Å². The number of fused-ring (bicyclic) bond motifs is 1. The van der Waals surface area contributed by atoms with Crippen LogP contribution in [0.25, 0.3) is 11.0 Å². The van der Waals surface area contributed by atoms with Gasteiger partial charge in [-0.3, -0.25) is 0 Å². The van der Waals surface area contributed by atoms with Crippen molar-refractivity contribution in [3.63, 3.8) is 0 Å². The number of urea groups is 1. The Bertz CT molecular complexity index is 1120. The average molecular weight is 403 g/mol. The van der Waals surface area contributed by atoms with Crippen LogP contribution in [0.4, 0.5) is 9.18 Å². The summed E-state index contributed by atoms with van der Waals surface area (Å²) in [6.07, 6.45) is 1.52. The zero-order valence-electron chi connectivity index (χ0n) is 14.8. The summed E-state index contributed by atoms with van der Waals surface area (Å²) in [5, 5.41) is 0. The molecule has 146 valence electrons. The minimum Gasteiger partial charge on any atom is -0.321 e. The van der Waals surface area contributed by atoms with Crippen molar-refractivity contribution in [2.45, 2.75) is 4.90 Å². The number of benzene rings is 2. The van der Waals surface area contributed by atoms with Gasteiger partial charge in [-0.05, 0) is 24.3 Å². The Labute approximate surface area is 161 Å². The summed E-state index contributed by atoms with van der Waals surface area (Å²) in [6, 6.07) is 12.3. The van der Waals surface area contributed by atoms with Crippen molar-refractivity contribution >= 4 is 27.1 Å². The molecule has 0 aliphatic carbocycles. The number of sulfonamides is 1. The summed E-state index contributed by atoms with van der Waals surface area (Å²) in [5.41, 5.74) is 4.26. The van der Waals surface area contributed by atoms with Crippen molar-refractivity contribution in [2.24, 2.45) is 0 Å². The van der Waals surface area contributed by atoms with Gasteiger partial charge in [-0.15, -0.1) is 0 Å². The molecule has 1 aromatic heterocycles. The van der Waals surface area contributed by atoms with Gasteiger partial charge in [0.05, 0.1) is 11.0 Å². The van der Waals surface area contributed by atoms with E-state index in [0.29, 0.717) is 0 Å². The smallest absolute Gasteiger partial charge is 0.321 e. The molecule has 1 saturated heterocycles. The molecule has 1 fully saturated rings. The fourth-order valence-electron chi connectivity index (χ4n) is 3.15. The summed E-state index contributed by atoms with van der Waals surface area (Å²) in [4.78, 5) is 17.9. The summed E-state index contributed by atoms with van der Waals surface area (Å²) in [7, 11) is -3.94. The molecular weight excluding hydrogens is 385 g/mol. The second-order valence-electron chi connectivity index (χ2n) is 6.34. The van der Waals surface area contributed by atoms with Crippen LogP contribution < -0.4 is 5.43 Å². The number of carbonyl (C=O) groups excluding carboxylic acids is 1. The number of hydrogen-bond donors (Lipinski definition) is 1. The zero-order valence-corrected chi connectivity index (χ0v) is 15.6. The van der Waals surface area contributed by atoms with Crippen molar-refractivity contribution in [3.05, 3.63) is 60.7 Å². The van der Waals surface area contributed by atoms with Crippen LogP contribution in [-0.2, 0) is 10.0 Å². The highest BCUT2D eigenvalue weighted by Gasteiger charge is 2.31. The van der Waals surface area contributed by atoms with E-state index in [4.69, 9.17) is 0 Å². The van der Waals surface area contributed by atoms with Gasteiger partial charge >= 0.3 is 6.03 Å². The van der Waals surface area contributed by atoms with Crippen LogP contribution in [0.15, 0.2) is 59.8 Å². The van der Waals surface area contributed by atoms with E-state index in [0.717, 1.165) is 17.1 Å². The Morgan fingerprint density at radius 1 is 1.00 bits per heavy atom. The highest BCUT2D eigenvalue weighted by Crippen LogP contribution is 2.20. The van der Waals surface area contributed by atoms with Gasteiger partial charge in [0.25, 0.3) is 0 Å². The molecule has 1 N–H and O–H groups in total. The second kappa shape index (κ2) is 7.21. The van der Waals surface area contributed by atoms with Crippen LogP contribution >= 0.6 is 0 Å². The molecule has 28 heavy (non-hydrogen) atoms. The van der Waals surface area contributed by atoms with Crippen molar-refractivity contribution in [1.29, 1.82) is 0 Å². The van der Waals surface area contributed by atoms with Crippen LogP contribution in [0.1, 0.15) is 0 Å².